The van der Waals surface area contributed by atoms with E-state index in [1.54, 1.807) is 13.2 Å². The van der Waals surface area contributed by atoms with Gasteiger partial charge in [0.15, 0.2) is 11.6 Å². The Bertz CT molecular complexity index is 305. The molecule has 1 aromatic carbocycles. The van der Waals surface area contributed by atoms with Crippen molar-refractivity contribution >= 4 is 0 Å². The molecule has 1 N–H and O–H groups in total. The maximum Gasteiger partial charge on any atom is 0.165 e. The molecule has 0 aliphatic rings. The predicted octanol–water partition coefficient (Wildman–Crippen LogP) is 1.92. The molecule has 3 nitrogen and oxygen atoms in total. The van der Waals surface area contributed by atoms with Gasteiger partial charge >= 0.3 is 0 Å². The van der Waals surface area contributed by atoms with E-state index >= 15 is 0 Å². The molecule has 0 saturated carbocycles. The van der Waals surface area contributed by atoms with E-state index in [4.69, 9.17) is 9.47 Å². The highest BCUT2D eigenvalue weighted by molar-refractivity contribution is 5.29. The molecule has 1 rings (SSSR count). The molecule has 0 atom stereocenters. The van der Waals surface area contributed by atoms with E-state index in [0.29, 0.717) is 25.6 Å². The van der Waals surface area contributed by atoms with Crippen LogP contribution in [-0.2, 0) is 11.3 Å². The van der Waals surface area contributed by atoms with Crippen LogP contribution in [0.15, 0.2) is 18.2 Å². The molecular weight excluding hydrogens is 197 g/mol. The van der Waals surface area contributed by atoms with E-state index in [1.807, 2.05) is 13.0 Å². The first kappa shape index (κ1) is 11.9. The standard InChI is InChI=1S/C11H16FNO2/c1-3-15-11-5-4-9(6-10(11)12)7-13-8-14-2/h4-6,13H,3,7-8H2,1-2H3. The van der Waals surface area contributed by atoms with Gasteiger partial charge in [-0.25, -0.2) is 4.39 Å². The van der Waals surface area contributed by atoms with Crippen molar-refractivity contribution in [3.05, 3.63) is 29.6 Å². The molecule has 84 valence electrons. The summed E-state index contributed by atoms with van der Waals surface area (Å²) in [4.78, 5) is 0. The summed E-state index contributed by atoms with van der Waals surface area (Å²) in [6.45, 7) is 3.33. The van der Waals surface area contributed by atoms with Crippen molar-refractivity contribution in [2.24, 2.45) is 0 Å². The fraction of sp³-hybridized carbons (Fsp3) is 0.455. The van der Waals surface area contributed by atoms with Gasteiger partial charge in [0.25, 0.3) is 0 Å². The molecule has 0 spiro atoms. The summed E-state index contributed by atoms with van der Waals surface area (Å²) in [6, 6.07) is 4.94. The van der Waals surface area contributed by atoms with Crippen molar-refractivity contribution in [2.75, 3.05) is 20.4 Å². The zero-order valence-corrected chi connectivity index (χ0v) is 9.05. The molecule has 0 bridgehead atoms. The number of ether oxygens (including phenoxy) is 2. The first-order chi connectivity index (χ1) is 7.27. The monoisotopic (exact) mass is 213 g/mol. The molecular formula is C11H16FNO2. The van der Waals surface area contributed by atoms with Gasteiger partial charge in [-0.3, -0.25) is 5.32 Å². The van der Waals surface area contributed by atoms with E-state index in [9.17, 15) is 4.39 Å². The summed E-state index contributed by atoms with van der Waals surface area (Å²) in [5.41, 5.74) is 0.869. The lowest BCUT2D eigenvalue weighted by molar-refractivity contribution is 0.174. The molecule has 0 saturated heterocycles. The second-order valence-electron chi connectivity index (χ2n) is 3.06. The molecule has 0 unspecified atom stereocenters. The Morgan fingerprint density at radius 1 is 1.40 bits per heavy atom. The predicted molar refractivity (Wildman–Crippen MR) is 56.3 cm³/mol. The number of nitrogens with one attached hydrogen (secondary N) is 1. The molecule has 0 heterocycles. The minimum atomic E-state index is -0.325. The van der Waals surface area contributed by atoms with E-state index < -0.39 is 0 Å². The van der Waals surface area contributed by atoms with Crippen LogP contribution in [0, 0.1) is 5.82 Å². The first-order valence-corrected chi connectivity index (χ1v) is 4.88. The van der Waals surface area contributed by atoms with Crippen LogP contribution in [0.5, 0.6) is 5.75 Å². The minimum absolute atomic E-state index is 0.299. The number of benzene rings is 1. The number of hydrogen-bond donors (Lipinski definition) is 1. The number of halogens is 1. The van der Waals surface area contributed by atoms with Crippen molar-refractivity contribution in [1.29, 1.82) is 0 Å². The summed E-state index contributed by atoms with van der Waals surface area (Å²) < 4.78 is 23.3. The second kappa shape index (κ2) is 6.37. The van der Waals surface area contributed by atoms with E-state index in [0.717, 1.165) is 5.56 Å². The van der Waals surface area contributed by atoms with Gasteiger partial charge in [-0.15, -0.1) is 0 Å². The largest absolute Gasteiger partial charge is 0.491 e. The molecule has 4 heteroatoms. The van der Waals surface area contributed by atoms with Gasteiger partial charge in [-0.2, -0.15) is 0 Å². The van der Waals surface area contributed by atoms with Crippen LogP contribution in [0.1, 0.15) is 12.5 Å². The number of methoxy groups -OCH3 is 1. The number of rotatable bonds is 6. The van der Waals surface area contributed by atoms with Gasteiger partial charge in [0, 0.05) is 13.7 Å². The van der Waals surface area contributed by atoms with Gasteiger partial charge in [-0.05, 0) is 24.6 Å². The molecule has 0 fully saturated rings. The van der Waals surface area contributed by atoms with Crippen molar-refractivity contribution in [3.8, 4) is 5.75 Å². The van der Waals surface area contributed by atoms with Crippen LogP contribution >= 0.6 is 0 Å². The molecule has 0 aliphatic carbocycles. The summed E-state index contributed by atoms with van der Waals surface area (Å²) in [5, 5.41) is 3.00. The van der Waals surface area contributed by atoms with Gasteiger partial charge in [0.05, 0.1) is 13.3 Å². The molecule has 0 aliphatic heterocycles. The van der Waals surface area contributed by atoms with Crippen molar-refractivity contribution in [1.82, 2.24) is 5.32 Å². The Morgan fingerprint density at radius 2 is 2.20 bits per heavy atom. The molecule has 0 amide bonds. The third kappa shape index (κ3) is 3.85. The highest BCUT2D eigenvalue weighted by atomic mass is 19.1. The average Bonchev–Trinajstić information content (AvgIpc) is 2.23. The maximum absolute atomic E-state index is 13.4. The van der Waals surface area contributed by atoms with Crippen molar-refractivity contribution in [3.63, 3.8) is 0 Å². The third-order valence-corrected chi connectivity index (χ3v) is 1.87. The van der Waals surface area contributed by atoms with Crippen LogP contribution < -0.4 is 10.1 Å². The zero-order chi connectivity index (χ0) is 11.1. The average molecular weight is 213 g/mol. The molecule has 15 heavy (non-hydrogen) atoms. The van der Waals surface area contributed by atoms with E-state index in [-0.39, 0.29) is 5.82 Å². The fourth-order valence-electron chi connectivity index (χ4n) is 1.22. The maximum atomic E-state index is 13.4. The quantitative estimate of drug-likeness (QED) is 0.578. The highest BCUT2D eigenvalue weighted by Gasteiger charge is 2.03. The van der Waals surface area contributed by atoms with Crippen molar-refractivity contribution < 1.29 is 13.9 Å². The smallest absolute Gasteiger partial charge is 0.165 e. The first-order valence-electron chi connectivity index (χ1n) is 4.88. The normalized spacial score (nSPS) is 10.3. The molecule has 0 radical (unpaired) electrons. The summed E-state index contributed by atoms with van der Waals surface area (Å²) >= 11 is 0. The Labute approximate surface area is 89.2 Å². The third-order valence-electron chi connectivity index (χ3n) is 1.87. The Kier molecular flexibility index (Phi) is 5.07. The summed E-state index contributed by atoms with van der Waals surface area (Å²) in [5.74, 6) is -0.0263. The van der Waals surface area contributed by atoms with Gasteiger partial charge < -0.3 is 9.47 Å². The van der Waals surface area contributed by atoms with Crippen molar-refractivity contribution in [2.45, 2.75) is 13.5 Å². The lowest BCUT2D eigenvalue weighted by Gasteiger charge is -2.07. The summed E-state index contributed by atoms with van der Waals surface area (Å²) in [7, 11) is 1.60. The second-order valence-corrected chi connectivity index (χ2v) is 3.06. The van der Waals surface area contributed by atoms with Gasteiger partial charge in [0.1, 0.15) is 0 Å². The lowest BCUT2D eigenvalue weighted by Crippen LogP contribution is -2.15. The van der Waals surface area contributed by atoms with Crippen LogP contribution in [0.3, 0.4) is 0 Å². The zero-order valence-electron chi connectivity index (χ0n) is 9.05. The molecule has 1 aromatic rings. The Hall–Kier alpha value is -1.13. The summed E-state index contributed by atoms with van der Waals surface area (Å²) in [6.07, 6.45) is 0. The molecule has 0 aromatic heterocycles. The van der Waals surface area contributed by atoms with Gasteiger partial charge in [-0.1, -0.05) is 6.07 Å². The Morgan fingerprint density at radius 3 is 2.80 bits per heavy atom. The number of hydrogen-bond acceptors (Lipinski definition) is 3. The van der Waals surface area contributed by atoms with Crippen LogP contribution in [0.2, 0.25) is 0 Å². The van der Waals surface area contributed by atoms with Crippen LogP contribution in [0.25, 0.3) is 0 Å². The fourth-order valence-corrected chi connectivity index (χ4v) is 1.22. The Balaban J connectivity index is 2.56. The van der Waals surface area contributed by atoms with E-state index in [1.165, 1.54) is 6.07 Å². The SMILES string of the molecule is CCOc1ccc(CNCOC)cc1F. The van der Waals surface area contributed by atoms with Crippen LogP contribution in [0.4, 0.5) is 4.39 Å². The van der Waals surface area contributed by atoms with E-state index in [2.05, 4.69) is 5.32 Å². The lowest BCUT2D eigenvalue weighted by atomic mass is 10.2. The topological polar surface area (TPSA) is 30.5 Å². The minimum Gasteiger partial charge on any atom is -0.491 e. The van der Waals surface area contributed by atoms with Gasteiger partial charge in [0.2, 0.25) is 0 Å². The van der Waals surface area contributed by atoms with Crippen LogP contribution in [-0.4, -0.2) is 20.4 Å². The highest BCUT2D eigenvalue weighted by Crippen LogP contribution is 2.18.